The van der Waals surface area contributed by atoms with Gasteiger partial charge in [-0.05, 0) is 0 Å². The molecule has 32 valence electrons. The van der Waals surface area contributed by atoms with E-state index >= 15 is 0 Å². The van der Waals surface area contributed by atoms with Crippen molar-refractivity contribution in [2.45, 2.75) is 0 Å². The summed E-state index contributed by atoms with van der Waals surface area (Å²) in [5.74, 6) is 2.71. The fraction of sp³-hybridized carbons (Fsp3) is 0. The molecule has 1 rings (SSSR count). The van der Waals surface area contributed by atoms with Gasteiger partial charge in [-0.15, -0.1) is 0 Å². The molecule has 2 radical (unpaired) electrons. The summed E-state index contributed by atoms with van der Waals surface area (Å²) in [6.07, 6.45) is 1.69. The first kappa shape index (κ1) is 4.34. The van der Waals surface area contributed by atoms with Gasteiger partial charge in [-0.2, -0.15) is 0 Å². The van der Waals surface area contributed by atoms with E-state index in [4.69, 9.17) is 11.6 Å². The minimum atomic E-state index is 0.745. The van der Waals surface area contributed by atoms with E-state index in [1.165, 1.54) is 11.8 Å². The van der Waals surface area contributed by atoms with Crippen LogP contribution in [0.2, 0.25) is 0 Å². The van der Waals surface area contributed by atoms with Crippen LogP contribution in [0.15, 0.2) is 10.6 Å². The molecule has 1 N–H and O–H groups in total. The Morgan fingerprint density at radius 2 is 2.83 bits per heavy atom. The van der Waals surface area contributed by atoms with Crippen LogP contribution in [0.4, 0.5) is 0 Å². The lowest BCUT2D eigenvalue weighted by atomic mass is 11.0. The molecule has 0 saturated heterocycles. The van der Waals surface area contributed by atoms with Gasteiger partial charge >= 0.3 is 0 Å². The van der Waals surface area contributed by atoms with Crippen LogP contribution in [0.25, 0.3) is 0 Å². The molecule has 0 amide bonds. The highest BCUT2D eigenvalue weighted by Crippen LogP contribution is 2.24. The summed E-state index contributed by atoms with van der Waals surface area (Å²) in [7, 11) is 0. The Hall–Kier alpha value is 0.180. The fourth-order valence-electron chi connectivity index (χ4n) is 0.194. The monoisotopic (exact) mass is 119 g/mol. The third-order valence-corrected chi connectivity index (χ3v) is 1.27. The van der Waals surface area contributed by atoms with E-state index < -0.39 is 0 Å². The van der Waals surface area contributed by atoms with Gasteiger partial charge in [-0.25, -0.2) is 0 Å². The summed E-state index contributed by atoms with van der Waals surface area (Å²) in [5.41, 5.74) is 0. The number of nitrogens with one attached hydrogen (secondary N) is 1. The zero-order chi connectivity index (χ0) is 4.41. The molecule has 0 aliphatic carbocycles. The average Bonchev–Trinajstić information content (AvgIpc) is 1.86. The van der Waals surface area contributed by atoms with Crippen molar-refractivity contribution in [3.63, 3.8) is 0 Å². The number of hydrogen-bond acceptors (Lipinski definition) is 2. The highest BCUT2D eigenvalue weighted by molar-refractivity contribution is 8.06. The molecule has 0 aromatic rings. The number of rotatable bonds is 0. The molecule has 1 heterocycles. The van der Waals surface area contributed by atoms with Crippen molar-refractivity contribution in [3.8, 4) is 0 Å². The van der Waals surface area contributed by atoms with Gasteiger partial charge in [0.05, 0.1) is 4.36 Å². The molecular formula is C3H2ClNS. The van der Waals surface area contributed by atoms with Gasteiger partial charge in [0.25, 0.3) is 0 Å². The third-order valence-electron chi connectivity index (χ3n) is 0.393. The van der Waals surface area contributed by atoms with Crippen LogP contribution in [0.3, 0.4) is 0 Å². The Balaban J connectivity index is 2.45. The summed E-state index contributed by atoms with van der Waals surface area (Å²) in [4.78, 5) is 0. The van der Waals surface area contributed by atoms with Crippen LogP contribution >= 0.6 is 23.4 Å². The lowest BCUT2D eigenvalue weighted by molar-refractivity contribution is 1.19. The Labute approximate surface area is 45.7 Å². The highest BCUT2D eigenvalue weighted by Gasteiger charge is 1.98. The normalized spacial score (nSPS) is 19.8. The summed E-state index contributed by atoms with van der Waals surface area (Å²) in [5, 5.41) is 2.69. The lowest BCUT2D eigenvalue weighted by Gasteiger charge is -1.74. The van der Waals surface area contributed by atoms with E-state index in [0.29, 0.717) is 0 Å². The Morgan fingerprint density at radius 3 is 3.00 bits per heavy atom. The summed E-state index contributed by atoms with van der Waals surface area (Å²) >= 11 is 6.77. The van der Waals surface area contributed by atoms with Crippen LogP contribution < -0.4 is 5.32 Å². The van der Waals surface area contributed by atoms with Gasteiger partial charge in [0, 0.05) is 6.20 Å². The minimum absolute atomic E-state index is 0.745. The Kier molecular flexibility index (Phi) is 1.27. The Bertz CT molecular complexity index is 80.9. The smallest absolute Gasteiger partial charge is 0.162 e. The van der Waals surface area contributed by atoms with Gasteiger partial charge in [-0.3, -0.25) is 0 Å². The van der Waals surface area contributed by atoms with Gasteiger partial charge < -0.3 is 5.32 Å². The molecule has 0 bridgehead atoms. The van der Waals surface area contributed by atoms with Crippen molar-refractivity contribution in [1.29, 1.82) is 0 Å². The topological polar surface area (TPSA) is 12.0 Å². The summed E-state index contributed by atoms with van der Waals surface area (Å²) in [6.45, 7) is 0. The number of halogens is 1. The molecule has 3 heteroatoms. The molecule has 0 aromatic heterocycles. The maximum Gasteiger partial charge on any atom is 0.162 e. The van der Waals surface area contributed by atoms with Crippen LogP contribution in [0.5, 0.6) is 0 Å². The van der Waals surface area contributed by atoms with E-state index in [1.807, 2.05) is 0 Å². The Morgan fingerprint density at radius 1 is 2.00 bits per heavy atom. The van der Waals surface area contributed by atoms with Crippen LogP contribution in [0, 0.1) is 5.88 Å². The third kappa shape index (κ3) is 0.820. The van der Waals surface area contributed by atoms with Crippen molar-refractivity contribution in [1.82, 2.24) is 5.32 Å². The number of thioether (sulfide) groups is 1. The zero-order valence-corrected chi connectivity index (χ0v) is 4.44. The quantitative estimate of drug-likeness (QED) is 0.517. The zero-order valence-electron chi connectivity index (χ0n) is 2.86. The van der Waals surface area contributed by atoms with Crippen molar-refractivity contribution in [3.05, 3.63) is 16.4 Å². The van der Waals surface area contributed by atoms with Crippen LogP contribution in [-0.4, -0.2) is 0 Å². The SMILES string of the molecule is ClC1=CN[C]S1. The molecule has 0 atom stereocenters. The van der Waals surface area contributed by atoms with E-state index in [9.17, 15) is 0 Å². The molecule has 0 fully saturated rings. The maximum absolute atomic E-state index is 5.41. The van der Waals surface area contributed by atoms with Gasteiger partial charge in [0.15, 0.2) is 5.88 Å². The highest BCUT2D eigenvalue weighted by atomic mass is 35.5. The predicted molar refractivity (Wildman–Crippen MR) is 27.9 cm³/mol. The second-order valence-corrected chi connectivity index (χ2v) is 2.28. The molecule has 1 aliphatic heterocycles. The van der Waals surface area contributed by atoms with Crippen molar-refractivity contribution in [2.75, 3.05) is 0 Å². The first-order valence-electron chi connectivity index (χ1n) is 1.42. The van der Waals surface area contributed by atoms with E-state index in [-0.39, 0.29) is 0 Å². The van der Waals surface area contributed by atoms with Crippen LogP contribution in [0.1, 0.15) is 0 Å². The minimum Gasteiger partial charge on any atom is -0.369 e. The van der Waals surface area contributed by atoms with Gasteiger partial charge in [0.1, 0.15) is 0 Å². The van der Waals surface area contributed by atoms with Crippen molar-refractivity contribution >= 4 is 23.4 Å². The van der Waals surface area contributed by atoms with Gasteiger partial charge in [0.2, 0.25) is 0 Å². The molecule has 0 spiro atoms. The second kappa shape index (κ2) is 1.76. The number of hydrogen-bond donors (Lipinski definition) is 1. The molecule has 0 unspecified atom stereocenters. The van der Waals surface area contributed by atoms with E-state index in [0.717, 1.165) is 4.36 Å². The summed E-state index contributed by atoms with van der Waals surface area (Å²) < 4.78 is 0.745. The van der Waals surface area contributed by atoms with Crippen molar-refractivity contribution < 1.29 is 0 Å². The largest absolute Gasteiger partial charge is 0.369 e. The van der Waals surface area contributed by atoms with E-state index in [1.54, 1.807) is 6.20 Å². The van der Waals surface area contributed by atoms with Gasteiger partial charge in [-0.1, -0.05) is 23.4 Å². The molecule has 0 aromatic carbocycles. The van der Waals surface area contributed by atoms with Crippen molar-refractivity contribution in [2.24, 2.45) is 0 Å². The molecule has 0 saturated carbocycles. The summed E-state index contributed by atoms with van der Waals surface area (Å²) in [6, 6.07) is 0. The van der Waals surface area contributed by atoms with E-state index in [2.05, 4.69) is 11.2 Å². The predicted octanol–water partition coefficient (Wildman–Crippen LogP) is 1.36. The average molecular weight is 120 g/mol. The maximum atomic E-state index is 5.41. The first-order chi connectivity index (χ1) is 2.89. The molecule has 1 nitrogen and oxygen atoms in total. The first-order valence-corrected chi connectivity index (χ1v) is 2.62. The fourth-order valence-corrected chi connectivity index (χ4v) is 0.697. The molecule has 1 aliphatic rings. The lowest BCUT2D eigenvalue weighted by Crippen LogP contribution is -1.86. The van der Waals surface area contributed by atoms with Crippen LogP contribution in [-0.2, 0) is 0 Å². The standard InChI is InChI=1S/C3H2ClNS/c4-3-1-5-2-6-3/h1,5H. The molecular weight excluding hydrogens is 118 g/mol. The second-order valence-electron chi connectivity index (χ2n) is 0.797. The molecule has 6 heavy (non-hydrogen) atoms.